The van der Waals surface area contributed by atoms with Gasteiger partial charge in [-0.25, -0.2) is 4.79 Å². The fourth-order valence-corrected chi connectivity index (χ4v) is 2.18. The van der Waals surface area contributed by atoms with E-state index in [-0.39, 0.29) is 11.3 Å². The van der Waals surface area contributed by atoms with Crippen molar-refractivity contribution in [3.05, 3.63) is 39.8 Å². The molecular formula is C14H9BrN2O5. The van der Waals surface area contributed by atoms with E-state index in [0.29, 0.717) is 9.86 Å². The van der Waals surface area contributed by atoms with E-state index in [0.717, 1.165) is 0 Å². The molecule has 0 bridgehead atoms. The summed E-state index contributed by atoms with van der Waals surface area (Å²) in [4.78, 5) is 23.2. The van der Waals surface area contributed by atoms with Crippen molar-refractivity contribution in [2.45, 2.75) is 6.92 Å². The Bertz CT molecular complexity index is 856. The SMILES string of the molecule is CC(O)=C(C#N)C(=O)Nc1c(C(=O)O)oc2ccc(Br)cc12. The Hall–Kier alpha value is -2.79. The highest BCUT2D eigenvalue weighted by molar-refractivity contribution is 9.10. The van der Waals surface area contributed by atoms with E-state index in [1.165, 1.54) is 6.92 Å². The second-order valence-corrected chi connectivity index (χ2v) is 5.19. The van der Waals surface area contributed by atoms with Crippen molar-refractivity contribution in [2.24, 2.45) is 0 Å². The number of nitriles is 1. The zero-order valence-corrected chi connectivity index (χ0v) is 12.8. The van der Waals surface area contributed by atoms with Crippen LogP contribution in [0.5, 0.6) is 0 Å². The molecule has 112 valence electrons. The van der Waals surface area contributed by atoms with Crippen LogP contribution in [0.4, 0.5) is 5.69 Å². The highest BCUT2D eigenvalue weighted by atomic mass is 79.9. The minimum atomic E-state index is -1.37. The Morgan fingerprint density at radius 2 is 2.05 bits per heavy atom. The highest BCUT2D eigenvalue weighted by Crippen LogP contribution is 2.33. The number of hydrogen-bond donors (Lipinski definition) is 3. The van der Waals surface area contributed by atoms with Crippen LogP contribution in [0.2, 0.25) is 0 Å². The molecule has 7 nitrogen and oxygen atoms in total. The van der Waals surface area contributed by atoms with Gasteiger partial charge in [-0.15, -0.1) is 0 Å². The van der Waals surface area contributed by atoms with Gasteiger partial charge in [0.15, 0.2) is 5.57 Å². The lowest BCUT2D eigenvalue weighted by Crippen LogP contribution is -2.16. The molecular weight excluding hydrogens is 356 g/mol. The number of carbonyl (C=O) groups is 2. The van der Waals surface area contributed by atoms with Gasteiger partial charge in [-0.2, -0.15) is 5.26 Å². The van der Waals surface area contributed by atoms with Gasteiger partial charge in [0, 0.05) is 9.86 Å². The van der Waals surface area contributed by atoms with E-state index in [1.807, 2.05) is 0 Å². The third-order valence-electron chi connectivity index (χ3n) is 2.78. The quantitative estimate of drug-likeness (QED) is 0.436. The summed E-state index contributed by atoms with van der Waals surface area (Å²) in [5.41, 5.74) is -0.331. The number of allylic oxidation sites excluding steroid dienone is 1. The monoisotopic (exact) mass is 364 g/mol. The number of anilines is 1. The van der Waals surface area contributed by atoms with Crippen LogP contribution >= 0.6 is 15.9 Å². The molecule has 0 fully saturated rings. The number of rotatable bonds is 3. The summed E-state index contributed by atoms with van der Waals surface area (Å²) >= 11 is 3.24. The summed E-state index contributed by atoms with van der Waals surface area (Å²) in [5.74, 6) is -3.22. The maximum absolute atomic E-state index is 12.0. The fraction of sp³-hybridized carbons (Fsp3) is 0.0714. The fourth-order valence-electron chi connectivity index (χ4n) is 1.82. The number of aliphatic hydroxyl groups excluding tert-OH is 1. The molecule has 1 aromatic heterocycles. The smallest absolute Gasteiger partial charge is 0.374 e. The number of benzene rings is 1. The molecule has 0 unspecified atom stereocenters. The number of aromatic carboxylic acids is 1. The van der Waals surface area contributed by atoms with Crippen LogP contribution in [-0.4, -0.2) is 22.1 Å². The molecule has 0 aliphatic heterocycles. The predicted molar refractivity (Wildman–Crippen MR) is 80.4 cm³/mol. The van der Waals surface area contributed by atoms with Crippen LogP contribution in [0, 0.1) is 11.3 Å². The number of carbonyl (C=O) groups excluding carboxylic acids is 1. The summed E-state index contributed by atoms with van der Waals surface area (Å²) in [6.07, 6.45) is 0. The predicted octanol–water partition coefficient (Wildman–Crippen LogP) is 3.19. The number of carboxylic acid groups (broad SMARTS) is 1. The average Bonchev–Trinajstić information content (AvgIpc) is 2.77. The van der Waals surface area contributed by atoms with E-state index < -0.39 is 29.0 Å². The number of carboxylic acids is 1. The number of fused-ring (bicyclic) bond motifs is 1. The molecule has 0 saturated carbocycles. The first kappa shape index (κ1) is 15.6. The van der Waals surface area contributed by atoms with E-state index in [1.54, 1.807) is 24.3 Å². The van der Waals surface area contributed by atoms with Gasteiger partial charge in [0.25, 0.3) is 5.91 Å². The van der Waals surface area contributed by atoms with Crippen LogP contribution in [-0.2, 0) is 4.79 Å². The van der Waals surface area contributed by atoms with Gasteiger partial charge in [-0.05, 0) is 25.1 Å². The van der Waals surface area contributed by atoms with Crippen LogP contribution < -0.4 is 5.32 Å². The van der Waals surface area contributed by atoms with Crippen molar-refractivity contribution in [2.75, 3.05) is 5.32 Å². The Morgan fingerprint density at radius 3 is 2.59 bits per heavy atom. The standard InChI is InChI=1S/C14H9BrN2O5/c1-6(18)9(5-16)13(19)17-11-8-4-7(15)2-3-10(8)22-12(11)14(20)21/h2-4,18H,1H3,(H,17,19)(H,20,21). The second-order valence-electron chi connectivity index (χ2n) is 4.28. The minimum Gasteiger partial charge on any atom is -0.511 e. The molecule has 1 amide bonds. The lowest BCUT2D eigenvalue weighted by atomic mass is 10.2. The average molecular weight is 365 g/mol. The van der Waals surface area contributed by atoms with Crippen molar-refractivity contribution in [3.8, 4) is 6.07 Å². The molecule has 0 radical (unpaired) electrons. The van der Waals surface area contributed by atoms with E-state index >= 15 is 0 Å². The van der Waals surface area contributed by atoms with Crippen molar-refractivity contribution < 1.29 is 24.2 Å². The van der Waals surface area contributed by atoms with Crippen molar-refractivity contribution in [1.82, 2.24) is 0 Å². The highest BCUT2D eigenvalue weighted by Gasteiger charge is 2.23. The molecule has 1 aromatic carbocycles. The van der Waals surface area contributed by atoms with Gasteiger partial charge in [0.1, 0.15) is 23.1 Å². The minimum absolute atomic E-state index is 0.0807. The molecule has 3 N–H and O–H groups in total. The van der Waals surface area contributed by atoms with Gasteiger partial charge in [0.05, 0.1) is 0 Å². The molecule has 22 heavy (non-hydrogen) atoms. The normalized spacial score (nSPS) is 11.7. The molecule has 8 heteroatoms. The molecule has 2 rings (SSSR count). The summed E-state index contributed by atoms with van der Waals surface area (Å²) in [6.45, 7) is 1.18. The van der Waals surface area contributed by atoms with Gasteiger partial charge >= 0.3 is 5.97 Å². The van der Waals surface area contributed by atoms with Gasteiger partial charge < -0.3 is 19.9 Å². The van der Waals surface area contributed by atoms with Crippen LogP contribution in [0.25, 0.3) is 11.0 Å². The third-order valence-corrected chi connectivity index (χ3v) is 3.28. The Labute approximate surface area is 132 Å². The Balaban J connectivity index is 2.59. The number of furan rings is 1. The maximum atomic E-state index is 12.0. The molecule has 0 saturated heterocycles. The number of amides is 1. The third kappa shape index (κ3) is 2.80. The largest absolute Gasteiger partial charge is 0.511 e. The number of halogens is 1. The summed E-state index contributed by atoms with van der Waals surface area (Å²) in [6, 6.07) is 6.32. The molecule has 2 aromatic rings. The summed E-state index contributed by atoms with van der Waals surface area (Å²) in [5, 5.41) is 30.0. The number of nitrogens with zero attached hydrogens (tertiary/aromatic N) is 1. The number of aliphatic hydroxyl groups is 1. The zero-order valence-electron chi connectivity index (χ0n) is 11.2. The summed E-state index contributed by atoms with van der Waals surface area (Å²) < 4.78 is 5.85. The first-order valence-electron chi connectivity index (χ1n) is 5.91. The van der Waals surface area contributed by atoms with Crippen molar-refractivity contribution in [1.29, 1.82) is 5.26 Å². The first-order valence-corrected chi connectivity index (χ1v) is 6.71. The number of hydrogen-bond acceptors (Lipinski definition) is 5. The van der Waals surface area contributed by atoms with Crippen LogP contribution in [0.1, 0.15) is 17.5 Å². The molecule has 0 spiro atoms. The first-order chi connectivity index (χ1) is 10.3. The van der Waals surface area contributed by atoms with Gasteiger partial charge in [0.2, 0.25) is 5.76 Å². The molecule has 0 aliphatic rings. The molecule has 1 heterocycles. The molecule has 0 atom stereocenters. The van der Waals surface area contributed by atoms with Gasteiger partial charge in [-0.1, -0.05) is 15.9 Å². The van der Waals surface area contributed by atoms with E-state index in [2.05, 4.69) is 21.2 Å². The lowest BCUT2D eigenvalue weighted by molar-refractivity contribution is -0.112. The Morgan fingerprint density at radius 1 is 1.36 bits per heavy atom. The Kier molecular flexibility index (Phi) is 4.19. The van der Waals surface area contributed by atoms with Crippen molar-refractivity contribution >= 4 is 44.5 Å². The van der Waals surface area contributed by atoms with Crippen molar-refractivity contribution in [3.63, 3.8) is 0 Å². The van der Waals surface area contributed by atoms with E-state index in [4.69, 9.17) is 9.68 Å². The molecule has 0 aliphatic carbocycles. The maximum Gasteiger partial charge on any atom is 0.374 e. The topological polar surface area (TPSA) is 124 Å². The van der Waals surface area contributed by atoms with Gasteiger partial charge in [-0.3, -0.25) is 4.79 Å². The zero-order chi connectivity index (χ0) is 16.4. The van der Waals surface area contributed by atoms with Crippen LogP contribution in [0.3, 0.4) is 0 Å². The summed E-state index contributed by atoms with van der Waals surface area (Å²) in [7, 11) is 0. The van der Waals surface area contributed by atoms with Crippen LogP contribution in [0.15, 0.2) is 38.4 Å². The number of nitrogens with one attached hydrogen (secondary N) is 1. The second kappa shape index (κ2) is 5.91. The van der Waals surface area contributed by atoms with E-state index in [9.17, 15) is 19.8 Å². The lowest BCUT2D eigenvalue weighted by Gasteiger charge is -2.04.